The maximum atomic E-state index is 2.43. The maximum Gasteiger partial charge on any atom is -0.00923 e. The molecule has 0 saturated carbocycles. The number of fused-ring (bicyclic) bond motifs is 15. The molecule has 0 atom stereocenters. The minimum Gasteiger partial charge on any atom is -0.0616 e. The Morgan fingerprint density at radius 2 is 0.240 bits per heavy atom. The molecule has 0 bridgehead atoms. The highest BCUT2D eigenvalue weighted by molar-refractivity contribution is 6.31. The number of hydrogen-bond donors (Lipinski definition) is 0. The van der Waals surface area contributed by atoms with Gasteiger partial charge in [-0.05, 0) is 168 Å². The fraction of sp³-hybridized carbons (Fsp3) is 0. The monoisotopic (exact) mass is 630 g/mol. The molecular formula is C50H30. The normalized spacial score (nSPS) is 12.0. The molecule has 0 spiro atoms. The molecule has 0 amide bonds. The third-order valence-electron chi connectivity index (χ3n) is 10.9. The lowest BCUT2D eigenvalue weighted by Gasteiger charge is -2.14. The van der Waals surface area contributed by atoms with Gasteiger partial charge in [0.2, 0.25) is 0 Å². The van der Waals surface area contributed by atoms with Crippen molar-refractivity contribution >= 4 is 108 Å². The molecule has 0 radical (unpaired) electrons. The van der Waals surface area contributed by atoms with Crippen molar-refractivity contribution in [2.75, 3.05) is 0 Å². The molecule has 0 unspecified atom stereocenters. The fourth-order valence-electron chi connectivity index (χ4n) is 8.43. The van der Waals surface area contributed by atoms with Gasteiger partial charge in [-0.2, -0.15) is 0 Å². The van der Waals surface area contributed by atoms with Crippen molar-refractivity contribution in [1.82, 2.24) is 0 Å². The summed E-state index contributed by atoms with van der Waals surface area (Å²) in [6, 6.07) is 68.3. The zero-order chi connectivity index (χ0) is 32.8. The third-order valence-corrected chi connectivity index (χ3v) is 10.9. The predicted molar refractivity (Wildman–Crippen MR) is 219 cm³/mol. The summed E-state index contributed by atoms with van der Waals surface area (Å²) >= 11 is 0. The van der Waals surface area contributed by atoms with E-state index < -0.39 is 0 Å². The van der Waals surface area contributed by atoms with Crippen molar-refractivity contribution in [2.45, 2.75) is 0 Å². The predicted octanol–water partition coefficient (Wildman–Crippen LogP) is 14.3. The minimum absolute atomic E-state index is 1.25. The summed E-state index contributed by atoms with van der Waals surface area (Å²) in [6.45, 7) is 0. The molecule has 11 aromatic rings. The summed E-state index contributed by atoms with van der Waals surface area (Å²) in [4.78, 5) is 0. The molecule has 0 saturated heterocycles. The van der Waals surface area contributed by atoms with Crippen molar-refractivity contribution in [2.24, 2.45) is 0 Å². The van der Waals surface area contributed by atoms with E-state index in [1.165, 1.54) is 108 Å². The molecule has 0 aliphatic carbocycles. The molecule has 0 aliphatic rings. The van der Waals surface area contributed by atoms with E-state index in [0.29, 0.717) is 0 Å². The van der Waals surface area contributed by atoms with Crippen LogP contribution in [0.3, 0.4) is 0 Å². The first-order valence-corrected chi connectivity index (χ1v) is 17.4. The zero-order valence-electron chi connectivity index (χ0n) is 27.3. The van der Waals surface area contributed by atoms with Gasteiger partial charge in [-0.3, -0.25) is 0 Å². The highest BCUT2D eigenvalue weighted by Crippen LogP contribution is 2.41. The van der Waals surface area contributed by atoms with Gasteiger partial charge in [0.25, 0.3) is 0 Å². The van der Waals surface area contributed by atoms with Gasteiger partial charge in [0, 0.05) is 0 Å². The molecule has 0 aromatic heterocycles. The standard InChI is InChI=1S/C50H30/c1-2-12-32-22-42-41(21-31(32)11-1)43-23-33-13-3-4-15-35(33)25-45(43)47-27-37-17-7-8-19-39(37)29-49(47)50-30-40-20-10-9-18-38(40)28-48(50)46-26-36-16-6-5-14-34(36)24-44(42)46/h1-30H. The summed E-state index contributed by atoms with van der Waals surface area (Å²) in [5, 5.41) is 25.0. The Hall–Kier alpha value is -6.50. The first kappa shape index (κ1) is 27.5. The van der Waals surface area contributed by atoms with Crippen LogP contribution in [-0.2, 0) is 0 Å². The van der Waals surface area contributed by atoms with Crippen LogP contribution in [0.1, 0.15) is 0 Å². The summed E-state index contributed by atoms with van der Waals surface area (Å²) < 4.78 is 0. The van der Waals surface area contributed by atoms with E-state index in [2.05, 4.69) is 182 Å². The van der Waals surface area contributed by atoms with E-state index in [1.807, 2.05) is 0 Å². The van der Waals surface area contributed by atoms with Crippen LogP contribution in [0.2, 0.25) is 0 Å². The number of rotatable bonds is 0. The topological polar surface area (TPSA) is 0 Å². The lowest BCUT2D eigenvalue weighted by molar-refractivity contribution is 1.78. The Labute approximate surface area is 288 Å². The van der Waals surface area contributed by atoms with Crippen LogP contribution in [0.5, 0.6) is 0 Å². The van der Waals surface area contributed by atoms with Gasteiger partial charge >= 0.3 is 0 Å². The minimum atomic E-state index is 1.25. The Kier molecular flexibility index (Phi) is 5.76. The molecule has 0 heteroatoms. The number of benzene rings is 10. The van der Waals surface area contributed by atoms with Gasteiger partial charge in [-0.1, -0.05) is 121 Å². The highest BCUT2D eigenvalue weighted by atomic mass is 14.2. The Morgan fingerprint density at radius 3 is 0.340 bits per heavy atom. The van der Waals surface area contributed by atoms with Crippen molar-refractivity contribution < 1.29 is 0 Å². The van der Waals surface area contributed by atoms with Crippen LogP contribution in [0.25, 0.3) is 108 Å². The van der Waals surface area contributed by atoms with Crippen LogP contribution in [0, 0.1) is 0 Å². The average Bonchev–Trinajstić information content (AvgIpc) is 3.18. The van der Waals surface area contributed by atoms with Crippen molar-refractivity contribution in [1.29, 1.82) is 0 Å². The molecular weight excluding hydrogens is 601 g/mol. The Balaban J connectivity index is 1.58. The summed E-state index contributed by atoms with van der Waals surface area (Å²) in [6.07, 6.45) is 0. The maximum absolute atomic E-state index is 2.43. The lowest BCUT2D eigenvalue weighted by Crippen LogP contribution is -1.86. The van der Waals surface area contributed by atoms with E-state index in [4.69, 9.17) is 0 Å². The van der Waals surface area contributed by atoms with Crippen molar-refractivity contribution in [3.8, 4) is 0 Å². The van der Waals surface area contributed by atoms with Gasteiger partial charge in [-0.25, -0.2) is 0 Å². The average molecular weight is 631 g/mol. The van der Waals surface area contributed by atoms with Gasteiger partial charge < -0.3 is 0 Å². The molecule has 0 heterocycles. The molecule has 11 aromatic carbocycles. The van der Waals surface area contributed by atoms with Gasteiger partial charge in [0.15, 0.2) is 0 Å². The third kappa shape index (κ3) is 4.12. The molecule has 230 valence electrons. The summed E-state index contributed by atoms with van der Waals surface area (Å²) in [7, 11) is 0. The number of hydrogen-bond acceptors (Lipinski definition) is 0. The first-order valence-electron chi connectivity index (χ1n) is 17.4. The fourth-order valence-corrected chi connectivity index (χ4v) is 8.43. The van der Waals surface area contributed by atoms with Crippen LogP contribution < -0.4 is 0 Å². The SMILES string of the molecule is c1ccc2cc3c(cc2c1)c1cc2ccccc2cc1c1cc2ccccc2cc1c1cc2ccccc2cc1c1cc2ccccc2cc31. The molecule has 0 nitrogen and oxygen atoms in total. The highest BCUT2D eigenvalue weighted by Gasteiger charge is 2.13. The van der Waals surface area contributed by atoms with Crippen LogP contribution >= 0.6 is 0 Å². The quantitative estimate of drug-likeness (QED) is 0.156. The van der Waals surface area contributed by atoms with E-state index >= 15 is 0 Å². The van der Waals surface area contributed by atoms with E-state index in [-0.39, 0.29) is 0 Å². The Bertz CT molecular complexity index is 2520. The van der Waals surface area contributed by atoms with E-state index in [9.17, 15) is 0 Å². The van der Waals surface area contributed by atoms with Gasteiger partial charge in [0.05, 0.1) is 0 Å². The van der Waals surface area contributed by atoms with Crippen LogP contribution in [0.4, 0.5) is 0 Å². The molecule has 50 heavy (non-hydrogen) atoms. The Morgan fingerprint density at radius 1 is 0.140 bits per heavy atom. The van der Waals surface area contributed by atoms with E-state index in [0.717, 1.165) is 0 Å². The second-order valence-corrected chi connectivity index (χ2v) is 13.7. The smallest absolute Gasteiger partial charge is 0.00923 e. The van der Waals surface area contributed by atoms with Crippen molar-refractivity contribution in [3.63, 3.8) is 0 Å². The second-order valence-electron chi connectivity index (χ2n) is 13.7. The molecule has 0 aliphatic heterocycles. The summed E-state index contributed by atoms with van der Waals surface area (Å²) in [5.41, 5.74) is 0. The second kappa shape index (κ2) is 10.5. The van der Waals surface area contributed by atoms with Gasteiger partial charge in [-0.15, -0.1) is 0 Å². The van der Waals surface area contributed by atoms with Crippen molar-refractivity contribution in [3.05, 3.63) is 182 Å². The zero-order valence-corrected chi connectivity index (χ0v) is 27.3. The lowest BCUT2D eigenvalue weighted by atomic mass is 9.89. The van der Waals surface area contributed by atoms with Gasteiger partial charge in [0.1, 0.15) is 0 Å². The molecule has 11 rings (SSSR count). The molecule has 0 fully saturated rings. The first-order chi connectivity index (χ1) is 24.7. The molecule has 0 N–H and O–H groups in total. The van der Waals surface area contributed by atoms with Crippen LogP contribution in [-0.4, -0.2) is 0 Å². The van der Waals surface area contributed by atoms with Crippen LogP contribution in [0.15, 0.2) is 182 Å². The summed E-state index contributed by atoms with van der Waals surface area (Å²) in [5.74, 6) is 0. The largest absolute Gasteiger partial charge is 0.0616 e. The van der Waals surface area contributed by atoms with E-state index in [1.54, 1.807) is 0 Å².